The van der Waals surface area contributed by atoms with E-state index in [0.29, 0.717) is 12.4 Å². The standard InChI is InChI=1S/C26H26FNO3/c1-29-24-11-9-18(14-22(24)27)8-10-23-21-16-25(30-2)26(15-20(21)12-13-28-23)31-17-19-6-4-3-5-7-19/h3-11,14-16,23,28H,12-13,17H2,1-2H3/b10-8+. The van der Waals surface area contributed by atoms with Crippen molar-refractivity contribution in [1.29, 1.82) is 0 Å². The molecule has 1 atom stereocenters. The monoisotopic (exact) mass is 419 g/mol. The second-order valence-electron chi connectivity index (χ2n) is 7.41. The number of ether oxygens (including phenoxy) is 3. The first-order valence-electron chi connectivity index (χ1n) is 10.3. The van der Waals surface area contributed by atoms with Gasteiger partial charge in [0, 0.05) is 6.54 Å². The van der Waals surface area contributed by atoms with Crippen molar-refractivity contribution in [3.8, 4) is 17.2 Å². The maximum absolute atomic E-state index is 14.0. The average Bonchev–Trinajstić information content (AvgIpc) is 2.81. The Morgan fingerprint density at radius 3 is 2.52 bits per heavy atom. The van der Waals surface area contributed by atoms with Crippen LogP contribution >= 0.6 is 0 Å². The summed E-state index contributed by atoms with van der Waals surface area (Å²) in [6.07, 6.45) is 4.87. The van der Waals surface area contributed by atoms with Gasteiger partial charge in [-0.1, -0.05) is 48.6 Å². The largest absolute Gasteiger partial charge is 0.494 e. The lowest BCUT2D eigenvalue weighted by Crippen LogP contribution is -2.28. The minimum Gasteiger partial charge on any atom is -0.494 e. The lowest BCUT2D eigenvalue weighted by molar-refractivity contribution is 0.283. The molecule has 0 saturated carbocycles. The highest BCUT2D eigenvalue weighted by Gasteiger charge is 2.21. The predicted octanol–water partition coefficient (Wildman–Crippen LogP) is 5.32. The molecule has 4 nitrogen and oxygen atoms in total. The maximum Gasteiger partial charge on any atom is 0.165 e. The molecule has 1 N–H and O–H groups in total. The van der Waals surface area contributed by atoms with Gasteiger partial charge in [0.25, 0.3) is 0 Å². The normalized spacial score (nSPS) is 15.5. The van der Waals surface area contributed by atoms with Crippen LogP contribution in [0, 0.1) is 5.82 Å². The number of halogens is 1. The van der Waals surface area contributed by atoms with Gasteiger partial charge in [-0.3, -0.25) is 0 Å². The quantitative estimate of drug-likeness (QED) is 0.563. The Hall–Kier alpha value is -3.31. The van der Waals surface area contributed by atoms with Gasteiger partial charge < -0.3 is 19.5 Å². The van der Waals surface area contributed by atoms with E-state index in [1.54, 1.807) is 13.2 Å². The van der Waals surface area contributed by atoms with Crippen molar-refractivity contribution >= 4 is 6.08 Å². The average molecular weight is 419 g/mol. The highest BCUT2D eigenvalue weighted by molar-refractivity contribution is 5.55. The van der Waals surface area contributed by atoms with Crippen LogP contribution in [0.5, 0.6) is 17.2 Å². The van der Waals surface area contributed by atoms with Crippen LogP contribution in [0.2, 0.25) is 0 Å². The van der Waals surface area contributed by atoms with Gasteiger partial charge >= 0.3 is 0 Å². The third-order valence-corrected chi connectivity index (χ3v) is 5.41. The van der Waals surface area contributed by atoms with E-state index in [2.05, 4.69) is 11.4 Å². The second kappa shape index (κ2) is 9.67. The highest BCUT2D eigenvalue weighted by Crippen LogP contribution is 2.36. The minimum absolute atomic E-state index is 0.00554. The molecule has 4 rings (SSSR count). The third-order valence-electron chi connectivity index (χ3n) is 5.41. The predicted molar refractivity (Wildman–Crippen MR) is 120 cm³/mol. The first-order chi connectivity index (χ1) is 15.2. The fraction of sp³-hybridized carbons (Fsp3) is 0.231. The molecule has 0 saturated heterocycles. The van der Waals surface area contributed by atoms with E-state index >= 15 is 0 Å². The van der Waals surface area contributed by atoms with Gasteiger partial charge in [0.1, 0.15) is 6.61 Å². The number of hydrogen-bond donors (Lipinski definition) is 1. The van der Waals surface area contributed by atoms with Gasteiger partial charge in [0.05, 0.1) is 20.3 Å². The van der Waals surface area contributed by atoms with Crippen LogP contribution in [0.4, 0.5) is 4.39 Å². The molecule has 0 radical (unpaired) electrons. The molecule has 1 unspecified atom stereocenters. The Labute approximate surface area is 182 Å². The summed E-state index contributed by atoms with van der Waals surface area (Å²) in [6.45, 7) is 1.34. The van der Waals surface area contributed by atoms with E-state index in [-0.39, 0.29) is 17.6 Å². The summed E-state index contributed by atoms with van der Waals surface area (Å²) in [4.78, 5) is 0. The van der Waals surface area contributed by atoms with Crippen LogP contribution in [-0.4, -0.2) is 20.8 Å². The van der Waals surface area contributed by atoms with Gasteiger partial charge in [-0.25, -0.2) is 4.39 Å². The van der Waals surface area contributed by atoms with Gasteiger partial charge in [-0.05, 0) is 52.9 Å². The van der Waals surface area contributed by atoms with Crippen molar-refractivity contribution in [2.45, 2.75) is 19.1 Å². The summed E-state index contributed by atoms with van der Waals surface area (Å²) in [5.41, 5.74) is 4.25. The van der Waals surface area contributed by atoms with E-state index in [1.807, 2.05) is 54.6 Å². The van der Waals surface area contributed by atoms with E-state index in [0.717, 1.165) is 35.4 Å². The molecular formula is C26H26FNO3. The van der Waals surface area contributed by atoms with Crippen molar-refractivity contribution in [1.82, 2.24) is 5.32 Å². The van der Waals surface area contributed by atoms with Crippen molar-refractivity contribution in [3.05, 3.63) is 94.8 Å². The molecule has 0 spiro atoms. The number of nitrogens with one attached hydrogen (secondary N) is 1. The number of rotatable bonds is 7. The summed E-state index contributed by atoms with van der Waals surface area (Å²) in [5.74, 6) is 1.31. The summed E-state index contributed by atoms with van der Waals surface area (Å²) >= 11 is 0. The van der Waals surface area contributed by atoms with Gasteiger partial charge in [-0.2, -0.15) is 0 Å². The lowest BCUT2D eigenvalue weighted by Gasteiger charge is -2.26. The Bertz CT molecular complexity index is 1070. The fourth-order valence-corrected chi connectivity index (χ4v) is 3.77. The van der Waals surface area contributed by atoms with Crippen LogP contribution < -0.4 is 19.5 Å². The van der Waals surface area contributed by atoms with E-state index in [1.165, 1.54) is 18.7 Å². The molecular weight excluding hydrogens is 393 g/mol. The molecule has 3 aromatic carbocycles. The Balaban J connectivity index is 1.55. The molecule has 0 amide bonds. The van der Waals surface area contributed by atoms with Crippen LogP contribution in [0.3, 0.4) is 0 Å². The topological polar surface area (TPSA) is 39.7 Å². The van der Waals surface area contributed by atoms with Crippen molar-refractivity contribution in [2.75, 3.05) is 20.8 Å². The van der Waals surface area contributed by atoms with Crippen molar-refractivity contribution in [3.63, 3.8) is 0 Å². The van der Waals surface area contributed by atoms with Gasteiger partial charge in [-0.15, -0.1) is 0 Å². The number of benzene rings is 3. The summed E-state index contributed by atoms with van der Waals surface area (Å²) in [7, 11) is 3.11. The first kappa shape index (κ1) is 20.9. The molecule has 0 aliphatic carbocycles. The summed E-state index contributed by atoms with van der Waals surface area (Å²) in [5, 5.41) is 3.51. The minimum atomic E-state index is -0.372. The zero-order valence-electron chi connectivity index (χ0n) is 17.7. The third kappa shape index (κ3) is 4.89. The molecule has 1 aliphatic heterocycles. The molecule has 1 aliphatic rings. The zero-order chi connectivity index (χ0) is 21.6. The van der Waals surface area contributed by atoms with Crippen LogP contribution in [0.1, 0.15) is 28.3 Å². The molecule has 5 heteroatoms. The first-order valence-corrected chi connectivity index (χ1v) is 10.3. The second-order valence-corrected chi connectivity index (χ2v) is 7.41. The maximum atomic E-state index is 14.0. The number of fused-ring (bicyclic) bond motifs is 1. The van der Waals surface area contributed by atoms with Crippen molar-refractivity contribution in [2.24, 2.45) is 0 Å². The van der Waals surface area contributed by atoms with Gasteiger partial charge in [0.2, 0.25) is 0 Å². The molecule has 3 aromatic rings. The fourth-order valence-electron chi connectivity index (χ4n) is 3.77. The van der Waals surface area contributed by atoms with E-state index in [4.69, 9.17) is 14.2 Å². The Kier molecular flexibility index (Phi) is 6.53. The molecule has 160 valence electrons. The lowest BCUT2D eigenvalue weighted by atomic mass is 9.93. The Morgan fingerprint density at radius 2 is 1.77 bits per heavy atom. The number of methoxy groups -OCH3 is 2. The van der Waals surface area contributed by atoms with Crippen LogP contribution in [-0.2, 0) is 13.0 Å². The van der Waals surface area contributed by atoms with E-state index in [9.17, 15) is 4.39 Å². The smallest absolute Gasteiger partial charge is 0.165 e. The SMILES string of the molecule is COc1ccc(/C=C/C2NCCc3cc(OCc4ccccc4)c(OC)cc32)cc1F. The Morgan fingerprint density at radius 1 is 0.968 bits per heavy atom. The van der Waals surface area contributed by atoms with E-state index < -0.39 is 0 Å². The summed E-state index contributed by atoms with van der Waals surface area (Å²) in [6, 6.07) is 19.1. The summed E-state index contributed by atoms with van der Waals surface area (Å²) < 4.78 is 30.7. The molecule has 0 fully saturated rings. The molecule has 0 bridgehead atoms. The van der Waals surface area contributed by atoms with Crippen LogP contribution in [0.15, 0.2) is 66.7 Å². The van der Waals surface area contributed by atoms with Crippen LogP contribution in [0.25, 0.3) is 6.08 Å². The highest BCUT2D eigenvalue weighted by atomic mass is 19.1. The number of hydrogen-bond acceptors (Lipinski definition) is 4. The zero-order valence-corrected chi connectivity index (χ0v) is 17.7. The molecule has 0 aromatic heterocycles. The molecule has 31 heavy (non-hydrogen) atoms. The molecule has 1 heterocycles. The van der Waals surface area contributed by atoms with Crippen molar-refractivity contribution < 1.29 is 18.6 Å². The van der Waals surface area contributed by atoms with Gasteiger partial charge in [0.15, 0.2) is 23.1 Å².